The Balaban J connectivity index is 3.23. The monoisotopic (exact) mass is 245 g/mol. The molecule has 0 aliphatic rings. The predicted molar refractivity (Wildman–Crippen MR) is 62.7 cm³/mol. The van der Waals surface area contributed by atoms with Crippen LogP contribution in [0.15, 0.2) is 29.2 Å². The second-order valence-corrected chi connectivity index (χ2v) is 5.52. The van der Waals surface area contributed by atoms with Crippen LogP contribution in [-0.2, 0) is 9.84 Å². The molecule has 0 spiro atoms. The zero-order valence-corrected chi connectivity index (χ0v) is 9.85. The van der Waals surface area contributed by atoms with E-state index in [1.165, 1.54) is 12.1 Å². The van der Waals surface area contributed by atoms with E-state index in [0.717, 1.165) is 6.26 Å². The average Bonchev–Trinajstić information content (AvgIpc) is 2.15. The Morgan fingerprint density at radius 3 is 2.67 bits per heavy atom. The van der Waals surface area contributed by atoms with Gasteiger partial charge in [-0.1, -0.05) is 23.8 Å². The van der Waals surface area contributed by atoms with Crippen LogP contribution in [0.5, 0.6) is 0 Å². The van der Waals surface area contributed by atoms with Crippen LogP contribution < -0.4 is 5.73 Å². The molecule has 0 fully saturated rings. The van der Waals surface area contributed by atoms with Gasteiger partial charge >= 0.3 is 0 Å². The van der Waals surface area contributed by atoms with E-state index in [2.05, 4.69) is 0 Å². The molecule has 15 heavy (non-hydrogen) atoms. The van der Waals surface area contributed by atoms with Crippen molar-refractivity contribution in [3.05, 3.63) is 34.9 Å². The van der Waals surface area contributed by atoms with Crippen molar-refractivity contribution in [3.63, 3.8) is 0 Å². The summed E-state index contributed by atoms with van der Waals surface area (Å²) in [4.78, 5) is 0.253. The summed E-state index contributed by atoms with van der Waals surface area (Å²) in [5.74, 6) is 0. The largest absolute Gasteiger partial charge is 0.327 e. The van der Waals surface area contributed by atoms with E-state index >= 15 is 0 Å². The van der Waals surface area contributed by atoms with Crippen LogP contribution in [0, 0.1) is 0 Å². The first-order chi connectivity index (χ1) is 6.95. The first-order valence-electron chi connectivity index (χ1n) is 4.31. The van der Waals surface area contributed by atoms with Crippen LogP contribution in [0.4, 0.5) is 0 Å². The molecular formula is C10H12ClNO2S. The molecule has 0 unspecified atom stereocenters. The third-order valence-electron chi connectivity index (χ3n) is 1.83. The van der Waals surface area contributed by atoms with Crippen LogP contribution in [0.2, 0.25) is 5.02 Å². The molecule has 1 aromatic rings. The van der Waals surface area contributed by atoms with Crippen molar-refractivity contribution in [2.75, 3.05) is 12.8 Å². The van der Waals surface area contributed by atoms with Gasteiger partial charge in [0.25, 0.3) is 0 Å². The van der Waals surface area contributed by atoms with Crippen LogP contribution in [-0.4, -0.2) is 21.2 Å². The van der Waals surface area contributed by atoms with Gasteiger partial charge in [-0.3, -0.25) is 0 Å². The maximum absolute atomic E-state index is 11.3. The molecule has 0 aliphatic heterocycles. The van der Waals surface area contributed by atoms with Crippen molar-refractivity contribution in [2.24, 2.45) is 5.73 Å². The van der Waals surface area contributed by atoms with Crippen molar-refractivity contribution in [3.8, 4) is 0 Å². The Kier molecular flexibility index (Phi) is 3.90. The summed E-state index contributed by atoms with van der Waals surface area (Å²) in [5.41, 5.74) is 5.96. The number of benzene rings is 1. The van der Waals surface area contributed by atoms with Crippen molar-refractivity contribution in [2.45, 2.75) is 4.90 Å². The summed E-state index contributed by atoms with van der Waals surface area (Å²) in [6, 6.07) is 4.58. The Morgan fingerprint density at radius 2 is 2.13 bits per heavy atom. The Hall–Kier alpha value is -0.840. The molecule has 0 aliphatic carbocycles. The fourth-order valence-electron chi connectivity index (χ4n) is 1.08. The second kappa shape index (κ2) is 4.79. The lowest BCUT2D eigenvalue weighted by atomic mass is 10.2. The van der Waals surface area contributed by atoms with Gasteiger partial charge in [-0.05, 0) is 23.8 Å². The minimum Gasteiger partial charge on any atom is -0.327 e. The summed E-state index contributed by atoms with van der Waals surface area (Å²) < 4.78 is 22.6. The molecule has 1 rings (SSSR count). The maximum atomic E-state index is 11.3. The van der Waals surface area contributed by atoms with Gasteiger partial charge in [0.15, 0.2) is 9.84 Å². The van der Waals surface area contributed by atoms with Gasteiger partial charge in [0.2, 0.25) is 0 Å². The van der Waals surface area contributed by atoms with E-state index in [1.807, 2.05) is 0 Å². The Bertz CT molecular complexity index is 480. The molecule has 0 atom stereocenters. The Morgan fingerprint density at radius 1 is 1.47 bits per heavy atom. The lowest BCUT2D eigenvalue weighted by Crippen LogP contribution is -1.97. The molecule has 3 nitrogen and oxygen atoms in total. The topological polar surface area (TPSA) is 60.2 Å². The number of rotatable bonds is 3. The number of hydrogen-bond acceptors (Lipinski definition) is 3. The van der Waals surface area contributed by atoms with Gasteiger partial charge in [-0.2, -0.15) is 0 Å². The molecule has 1 aromatic carbocycles. The number of nitrogens with two attached hydrogens (primary N) is 1. The fourth-order valence-corrected chi connectivity index (χ4v) is 1.91. The second-order valence-electron chi connectivity index (χ2n) is 3.09. The molecule has 0 saturated heterocycles. The van der Waals surface area contributed by atoms with E-state index in [0.29, 0.717) is 17.1 Å². The van der Waals surface area contributed by atoms with E-state index in [4.69, 9.17) is 17.3 Å². The molecule has 2 N–H and O–H groups in total. The van der Waals surface area contributed by atoms with Crippen molar-refractivity contribution < 1.29 is 8.42 Å². The highest BCUT2D eigenvalue weighted by molar-refractivity contribution is 7.90. The zero-order chi connectivity index (χ0) is 11.5. The molecule has 0 amide bonds. The van der Waals surface area contributed by atoms with Gasteiger partial charge < -0.3 is 5.73 Å². The molecule has 5 heteroatoms. The van der Waals surface area contributed by atoms with E-state index in [1.54, 1.807) is 18.2 Å². The first kappa shape index (κ1) is 12.2. The molecule has 0 aromatic heterocycles. The summed E-state index contributed by atoms with van der Waals surface area (Å²) in [6.07, 6.45) is 4.58. The van der Waals surface area contributed by atoms with Crippen molar-refractivity contribution in [1.82, 2.24) is 0 Å². The zero-order valence-electron chi connectivity index (χ0n) is 8.27. The summed E-state index contributed by atoms with van der Waals surface area (Å²) in [5, 5.41) is 0.507. The minimum atomic E-state index is -3.19. The highest BCUT2D eigenvalue weighted by Crippen LogP contribution is 2.21. The van der Waals surface area contributed by atoms with Crippen LogP contribution in [0.25, 0.3) is 6.08 Å². The van der Waals surface area contributed by atoms with Crippen molar-refractivity contribution >= 4 is 27.5 Å². The first-order valence-corrected chi connectivity index (χ1v) is 6.58. The quantitative estimate of drug-likeness (QED) is 0.882. The van der Waals surface area contributed by atoms with Crippen LogP contribution in [0.3, 0.4) is 0 Å². The summed E-state index contributed by atoms with van der Waals surface area (Å²) in [6.45, 7) is 0.388. The minimum absolute atomic E-state index is 0.253. The van der Waals surface area contributed by atoms with Crippen molar-refractivity contribution in [1.29, 1.82) is 0 Å². The average molecular weight is 246 g/mol. The highest BCUT2D eigenvalue weighted by atomic mass is 35.5. The molecule has 0 bridgehead atoms. The smallest absolute Gasteiger partial charge is 0.175 e. The van der Waals surface area contributed by atoms with E-state index in [-0.39, 0.29) is 4.90 Å². The summed E-state index contributed by atoms with van der Waals surface area (Å²) in [7, 11) is -3.19. The molecule has 0 saturated carbocycles. The fraction of sp³-hybridized carbons (Fsp3) is 0.200. The van der Waals surface area contributed by atoms with E-state index < -0.39 is 9.84 Å². The van der Waals surface area contributed by atoms with Gasteiger partial charge in [0, 0.05) is 17.8 Å². The molecule has 0 radical (unpaired) electrons. The van der Waals surface area contributed by atoms with E-state index in [9.17, 15) is 8.42 Å². The van der Waals surface area contributed by atoms with Crippen LogP contribution in [0.1, 0.15) is 5.56 Å². The van der Waals surface area contributed by atoms with Gasteiger partial charge in [0.05, 0.1) is 4.90 Å². The number of halogens is 1. The van der Waals surface area contributed by atoms with Gasteiger partial charge in [-0.25, -0.2) is 8.42 Å². The third kappa shape index (κ3) is 3.34. The van der Waals surface area contributed by atoms with Crippen LogP contribution >= 0.6 is 11.6 Å². The predicted octanol–water partition coefficient (Wildman–Crippen LogP) is 1.72. The third-order valence-corrected chi connectivity index (χ3v) is 3.28. The van der Waals surface area contributed by atoms with Gasteiger partial charge in [0.1, 0.15) is 0 Å². The maximum Gasteiger partial charge on any atom is 0.175 e. The summed E-state index contributed by atoms with van der Waals surface area (Å²) >= 11 is 5.90. The molecule has 82 valence electrons. The number of hydrogen-bond donors (Lipinski definition) is 1. The lowest BCUT2D eigenvalue weighted by molar-refractivity contribution is 0.602. The van der Waals surface area contributed by atoms with Gasteiger partial charge in [-0.15, -0.1) is 0 Å². The standard InChI is InChI=1S/C10H12ClNO2S/c1-15(13,14)9-4-5-10(11)8(7-9)3-2-6-12/h2-5,7H,6,12H2,1H3/b3-2+. The SMILES string of the molecule is CS(=O)(=O)c1ccc(Cl)c(/C=C/CN)c1. The normalized spacial score (nSPS) is 12.2. The Labute approximate surface area is 94.5 Å². The lowest BCUT2D eigenvalue weighted by Gasteiger charge is -2.02. The molecular weight excluding hydrogens is 234 g/mol. The highest BCUT2D eigenvalue weighted by Gasteiger charge is 2.08. The number of sulfone groups is 1. The molecule has 0 heterocycles.